The summed E-state index contributed by atoms with van der Waals surface area (Å²) in [6.45, 7) is -0.0968. The molecule has 0 atom stereocenters. The number of hydrogen-bond acceptors (Lipinski definition) is 2. The first-order valence-electron chi connectivity index (χ1n) is 5.97. The summed E-state index contributed by atoms with van der Waals surface area (Å²) >= 11 is 12.1. The van der Waals surface area contributed by atoms with Crippen LogP contribution in [0.25, 0.3) is 0 Å². The average molecular weight is 321 g/mol. The van der Waals surface area contributed by atoms with Gasteiger partial charge in [0, 0.05) is 12.1 Å². The standard InChI is InChI=1S/C15H10Cl2N2O2/c16-12-5-1-3-7-14(12)18(10-20)9-19(11-21)15-8-4-2-6-13(15)17/h1-8H,9H2/q+2. The lowest BCUT2D eigenvalue weighted by Crippen LogP contribution is -2.18. The van der Waals surface area contributed by atoms with E-state index >= 15 is 0 Å². The molecule has 0 radical (unpaired) electrons. The molecule has 21 heavy (non-hydrogen) atoms. The van der Waals surface area contributed by atoms with Gasteiger partial charge in [-0.2, -0.15) is 9.59 Å². The third-order valence-electron chi connectivity index (χ3n) is 2.79. The number of halogens is 2. The molecule has 4 nitrogen and oxygen atoms in total. The Kier molecular flexibility index (Phi) is 5.04. The molecule has 2 aromatic carbocycles. The van der Waals surface area contributed by atoms with Gasteiger partial charge in [0.1, 0.15) is 10.0 Å². The van der Waals surface area contributed by atoms with Crippen LogP contribution in [0.5, 0.6) is 0 Å². The molecule has 0 unspecified atom stereocenters. The molecule has 2 aromatic rings. The lowest BCUT2D eigenvalue weighted by atomic mass is 10.3. The van der Waals surface area contributed by atoms with Crippen LogP contribution in [0.1, 0.15) is 0 Å². The Morgan fingerprint density at radius 3 is 1.48 bits per heavy atom. The minimum atomic E-state index is -0.0968. The van der Waals surface area contributed by atoms with Crippen LogP contribution in [-0.2, 0) is 9.59 Å². The Morgan fingerprint density at radius 1 is 0.762 bits per heavy atom. The van der Waals surface area contributed by atoms with Crippen molar-refractivity contribution in [1.82, 2.24) is 0 Å². The lowest BCUT2D eigenvalue weighted by molar-refractivity contribution is -0.650. The second-order valence-corrected chi connectivity index (χ2v) is 4.90. The number of benzene rings is 2. The summed E-state index contributed by atoms with van der Waals surface area (Å²) in [5.41, 5.74) is 0.892. The number of nitrogens with zero attached hydrogens (tertiary/aromatic N) is 2. The summed E-state index contributed by atoms with van der Waals surface area (Å²) in [5.74, 6) is 0. The van der Waals surface area contributed by atoms with E-state index in [2.05, 4.69) is 0 Å². The van der Waals surface area contributed by atoms with Crippen molar-refractivity contribution >= 4 is 46.7 Å². The Morgan fingerprint density at radius 2 is 1.14 bits per heavy atom. The highest BCUT2D eigenvalue weighted by molar-refractivity contribution is 6.33. The van der Waals surface area contributed by atoms with Crippen LogP contribution >= 0.6 is 23.2 Å². The maximum absolute atomic E-state index is 11.2. The van der Waals surface area contributed by atoms with Gasteiger partial charge in [0.05, 0.1) is 0 Å². The quantitative estimate of drug-likeness (QED) is 0.373. The predicted octanol–water partition coefficient (Wildman–Crippen LogP) is 3.61. The van der Waals surface area contributed by atoms with Crippen LogP contribution in [-0.4, -0.2) is 28.0 Å². The van der Waals surface area contributed by atoms with Crippen molar-refractivity contribution in [3.8, 4) is 0 Å². The fourth-order valence-electron chi connectivity index (χ4n) is 1.79. The van der Waals surface area contributed by atoms with Crippen molar-refractivity contribution in [2.45, 2.75) is 0 Å². The number of carbonyl (C=O) groups excluding carboxylic acids is 2. The number of para-hydroxylation sites is 2. The summed E-state index contributed by atoms with van der Waals surface area (Å²) in [4.78, 5) is 22.4. The normalized spacial score (nSPS) is 9.62. The topological polar surface area (TPSA) is 40.2 Å². The van der Waals surface area contributed by atoms with E-state index in [1.165, 1.54) is 9.15 Å². The molecule has 0 aliphatic carbocycles. The molecule has 2 rings (SSSR count). The Bertz CT molecular complexity index is 711. The van der Waals surface area contributed by atoms with Gasteiger partial charge in [0.15, 0.2) is 0 Å². The summed E-state index contributed by atoms with van der Waals surface area (Å²) in [7, 11) is 0. The van der Waals surface area contributed by atoms with Crippen LogP contribution in [0.3, 0.4) is 0 Å². The van der Waals surface area contributed by atoms with E-state index in [1.807, 2.05) is 0 Å². The first-order chi connectivity index (χ1) is 10.2. The molecule has 0 aromatic heterocycles. The van der Waals surface area contributed by atoms with E-state index in [-0.39, 0.29) is 6.67 Å². The van der Waals surface area contributed by atoms with Gasteiger partial charge >= 0.3 is 18.8 Å². The van der Waals surface area contributed by atoms with Crippen molar-refractivity contribution < 1.29 is 18.7 Å². The zero-order chi connectivity index (χ0) is 15.2. The first kappa shape index (κ1) is 15.2. The van der Waals surface area contributed by atoms with E-state index < -0.39 is 0 Å². The summed E-state index contributed by atoms with van der Waals surface area (Å²) < 4.78 is 2.35. The third-order valence-corrected chi connectivity index (χ3v) is 3.43. The van der Waals surface area contributed by atoms with Crippen LogP contribution in [0.15, 0.2) is 48.5 Å². The van der Waals surface area contributed by atoms with E-state index in [1.54, 1.807) is 60.7 Å². The van der Waals surface area contributed by atoms with E-state index in [0.29, 0.717) is 21.4 Å². The number of rotatable bonds is 4. The van der Waals surface area contributed by atoms with Crippen LogP contribution in [0.4, 0.5) is 11.4 Å². The second kappa shape index (κ2) is 6.98. The zero-order valence-corrected chi connectivity index (χ0v) is 12.3. The van der Waals surface area contributed by atoms with Gasteiger partial charge in [-0.1, -0.05) is 56.6 Å². The Balaban J connectivity index is 2.40. The van der Waals surface area contributed by atoms with Crippen molar-refractivity contribution in [1.29, 1.82) is 0 Å². The van der Waals surface area contributed by atoms with E-state index in [4.69, 9.17) is 23.2 Å². The minimum absolute atomic E-state index is 0.0968. The molecular formula is C15H10Cl2N2O2+2. The fraction of sp³-hybridized carbons (Fsp3) is 0.0667. The minimum Gasteiger partial charge on any atom is -0.159 e. The van der Waals surface area contributed by atoms with Crippen LogP contribution < -0.4 is 0 Å². The summed E-state index contributed by atoms with van der Waals surface area (Å²) in [5, 5.41) is 0.761. The maximum atomic E-state index is 11.2. The van der Waals surface area contributed by atoms with E-state index in [0.717, 1.165) is 0 Å². The lowest BCUT2D eigenvalue weighted by Gasteiger charge is -1.99. The van der Waals surface area contributed by atoms with Gasteiger partial charge in [-0.3, -0.25) is 0 Å². The molecule has 6 heteroatoms. The largest absolute Gasteiger partial charge is 0.436 e. The van der Waals surface area contributed by atoms with Crippen LogP contribution in [0, 0.1) is 0 Å². The third kappa shape index (κ3) is 3.46. The van der Waals surface area contributed by atoms with Crippen molar-refractivity contribution in [2.24, 2.45) is 0 Å². The molecule has 0 saturated heterocycles. The SMILES string of the molecule is O=C=[N+](C[N+](=C=O)c1ccccc1Cl)c1ccccc1Cl. The van der Waals surface area contributed by atoms with Gasteiger partial charge in [0.2, 0.25) is 11.4 Å². The highest BCUT2D eigenvalue weighted by Gasteiger charge is 2.24. The molecule has 0 saturated carbocycles. The molecule has 0 heterocycles. The zero-order valence-electron chi connectivity index (χ0n) is 10.8. The second-order valence-electron chi connectivity index (χ2n) is 4.08. The average Bonchev–Trinajstić information content (AvgIpc) is 2.51. The monoisotopic (exact) mass is 320 g/mol. The van der Waals surface area contributed by atoms with Gasteiger partial charge in [-0.25, -0.2) is 0 Å². The predicted molar refractivity (Wildman–Crippen MR) is 79.0 cm³/mol. The van der Waals surface area contributed by atoms with Gasteiger partial charge in [-0.15, -0.1) is 0 Å². The van der Waals surface area contributed by atoms with Crippen molar-refractivity contribution in [3.63, 3.8) is 0 Å². The molecule has 0 fully saturated rings. The summed E-state index contributed by atoms with van der Waals surface area (Å²) in [6, 6.07) is 13.5. The van der Waals surface area contributed by atoms with Crippen molar-refractivity contribution in [2.75, 3.05) is 6.67 Å². The molecule has 0 bridgehead atoms. The van der Waals surface area contributed by atoms with Gasteiger partial charge in [0.25, 0.3) is 0 Å². The number of hydrogen-bond donors (Lipinski definition) is 0. The molecule has 0 spiro atoms. The molecule has 0 aliphatic heterocycles. The Labute approximate surface area is 131 Å². The molecule has 104 valence electrons. The molecule has 0 N–H and O–H groups in total. The van der Waals surface area contributed by atoms with Gasteiger partial charge < -0.3 is 0 Å². The molecular weight excluding hydrogens is 311 g/mol. The maximum Gasteiger partial charge on any atom is 0.436 e. The number of isocyanates is 2. The van der Waals surface area contributed by atoms with E-state index in [9.17, 15) is 9.59 Å². The molecule has 0 aliphatic rings. The molecule has 0 amide bonds. The van der Waals surface area contributed by atoms with Crippen LogP contribution in [0.2, 0.25) is 10.0 Å². The fourth-order valence-corrected chi connectivity index (χ4v) is 2.27. The highest BCUT2D eigenvalue weighted by Crippen LogP contribution is 2.26. The van der Waals surface area contributed by atoms with Gasteiger partial charge in [-0.05, 0) is 12.1 Å². The summed E-state index contributed by atoms with van der Waals surface area (Å²) in [6.07, 6.45) is 3.50. The van der Waals surface area contributed by atoms with Crippen molar-refractivity contribution in [3.05, 3.63) is 58.6 Å². The first-order valence-corrected chi connectivity index (χ1v) is 6.72. The highest BCUT2D eigenvalue weighted by atomic mass is 35.5. The Hall–Kier alpha value is -2.22. The smallest absolute Gasteiger partial charge is 0.159 e.